The lowest BCUT2D eigenvalue weighted by Gasteiger charge is -2.24. The molecule has 0 radical (unpaired) electrons. The average Bonchev–Trinajstić information content (AvgIpc) is 3.15. The van der Waals surface area contributed by atoms with Crippen LogP contribution in [-0.2, 0) is 4.79 Å². The van der Waals surface area contributed by atoms with E-state index >= 15 is 0 Å². The number of nitrogens with one attached hydrogen (secondary N) is 1. The number of hydrogen-bond donors (Lipinski definition) is 2. The van der Waals surface area contributed by atoms with Gasteiger partial charge in [0.2, 0.25) is 5.91 Å². The molecule has 0 aliphatic carbocycles. The molecule has 9 nitrogen and oxygen atoms in total. The molecule has 0 fully saturated rings. The van der Waals surface area contributed by atoms with Crippen molar-refractivity contribution in [3.8, 4) is 28.7 Å². The Labute approximate surface area is 183 Å². The van der Waals surface area contributed by atoms with Crippen molar-refractivity contribution in [3.63, 3.8) is 0 Å². The molecule has 32 heavy (non-hydrogen) atoms. The average molecular weight is 428 g/mol. The number of nitrogens with zero attached hydrogens (tertiary/aromatic N) is 5. The predicted octanol–water partition coefficient (Wildman–Crippen LogP) is 3.22. The van der Waals surface area contributed by atoms with Gasteiger partial charge in [0.1, 0.15) is 5.82 Å². The maximum Gasteiger partial charge on any atom is 0.272 e. The van der Waals surface area contributed by atoms with Crippen LogP contribution in [-0.4, -0.2) is 43.1 Å². The normalized spacial score (nSPS) is 15.2. The highest BCUT2D eigenvalue weighted by atomic mass is 16.5. The van der Waals surface area contributed by atoms with Crippen LogP contribution in [0.5, 0.6) is 11.5 Å². The molecule has 0 saturated carbocycles. The summed E-state index contributed by atoms with van der Waals surface area (Å²) in [6, 6.07) is 14.8. The number of carbonyl (C=O) groups excluding carboxylic acids is 1. The fraction of sp³-hybridized carbons (Fsp3) is 0.174. The van der Waals surface area contributed by atoms with E-state index in [4.69, 9.17) is 4.74 Å². The van der Waals surface area contributed by atoms with E-state index < -0.39 is 0 Å². The van der Waals surface area contributed by atoms with E-state index in [-0.39, 0.29) is 29.9 Å². The molecule has 9 heteroatoms. The Balaban J connectivity index is 1.62. The molecule has 0 unspecified atom stereocenters. The maximum atomic E-state index is 12.6. The first-order valence-corrected chi connectivity index (χ1v) is 10.1. The van der Waals surface area contributed by atoms with Gasteiger partial charge in [-0.05, 0) is 24.6 Å². The van der Waals surface area contributed by atoms with Crippen LogP contribution in [0.2, 0.25) is 0 Å². The maximum absolute atomic E-state index is 12.6. The molecule has 0 bridgehead atoms. The number of anilines is 1. The Morgan fingerprint density at radius 2 is 2.00 bits per heavy atom. The summed E-state index contributed by atoms with van der Waals surface area (Å²) in [4.78, 5) is 17.2. The van der Waals surface area contributed by atoms with Crippen molar-refractivity contribution in [1.82, 2.24) is 25.0 Å². The molecule has 160 valence electrons. The quantitative estimate of drug-likeness (QED) is 0.513. The minimum absolute atomic E-state index is 0.0429. The number of fused-ring (bicyclic) bond motifs is 1. The van der Waals surface area contributed by atoms with Crippen molar-refractivity contribution in [3.05, 3.63) is 71.5 Å². The number of hydrogen-bond acceptors (Lipinski definition) is 7. The topological polar surface area (TPSA) is 115 Å². The van der Waals surface area contributed by atoms with Gasteiger partial charge in [-0.3, -0.25) is 4.79 Å². The number of aryl methyl sites for hydroxylation is 1. The molecule has 1 aliphatic heterocycles. The van der Waals surface area contributed by atoms with E-state index in [2.05, 4.69) is 25.6 Å². The van der Waals surface area contributed by atoms with Gasteiger partial charge in [0.25, 0.3) is 5.95 Å². The Kier molecular flexibility index (Phi) is 4.78. The van der Waals surface area contributed by atoms with Crippen molar-refractivity contribution >= 4 is 11.7 Å². The number of phenolic OH excluding ortho intramolecular Hbond substituents is 1. The summed E-state index contributed by atoms with van der Waals surface area (Å²) in [5.41, 5.74) is 4.01. The summed E-state index contributed by atoms with van der Waals surface area (Å²) in [7, 11) is 1.49. The second-order valence-electron chi connectivity index (χ2n) is 7.50. The first-order valence-electron chi connectivity index (χ1n) is 10.1. The molecule has 0 spiro atoms. The van der Waals surface area contributed by atoms with E-state index in [9.17, 15) is 9.90 Å². The number of carbonyl (C=O) groups is 1. The van der Waals surface area contributed by atoms with E-state index in [1.165, 1.54) is 11.8 Å². The molecule has 5 rings (SSSR count). The van der Waals surface area contributed by atoms with Crippen LogP contribution >= 0.6 is 0 Å². The van der Waals surface area contributed by atoms with Crippen LogP contribution in [0.25, 0.3) is 17.2 Å². The van der Waals surface area contributed by atoms with Gasteiger partial charge in [-0.15, -0.1) is 5.10 Å². The van der Waals surface area contributed by atoms with Gasteiger partial charge >= 0.3 is 0 Å². The zero-order chi connectivity index (χ0) is 22.2. The number of aromatic nitrogens is 5. The number of ether oxygens (including phenoxy) is 1. The van der Waals surface area contributed by atoms with Gasteiger partial charge in [0.05, 0.1) is 24.7 Å². The molecular formula is C23H20N6O3. The van der Waals surface area contributed by atoms with Crippen LogP contribution in [0.15, 0.2) is 54.7 Å². The third-order valence-electron chi connectivity index (χ3n) is 5.52. The van der Waals surface area contributed by atoms with Crippen LogP contribution in [0, 0.1) is 6.92 Å². The summed E-state index contributed by atoms with van der Waals surface area (Å²) >= 11 is 0. The first kappa shape index (κ1) is 19.7. The standard InChI is InChI=1S/C23H20N6O3/c1-13-21-16(15-8-9-18(30)19(10-15)32-2)11-20(31)26-22(21)29(28-13)23-25-17(12-24-27-23)14-6-4-3-5-7-14/h3-10,12,16,30H,11H2,1-2H3,(H,26,31)/t16-/m1/s1. The number of phenols is 1. The summed E-state index contributed by atoms with van der Waals surface area (Å²) in [6.45, 7) is 1.88. The van der Waals surface area contributed by atoms with Crippen molar-refractivity contribution < 1.29 is 14.6 Å². The van der Waals surface area contributed by atoms with Crippen LogP contribution < -0.4 is 10.1 Å². The van der Waals surface area contributed by atoms with Crippen molar-refractivity contribution in [2.24, 2.45) is 0 Å². The van der Waals surface area contributed by atoms with Crippen molar-refractivity contribution in [2.45, 2.75) is 19.3 Å². The third kappa shape index (κ3) is 3.33. The van der Waals surface area contributed by atoms with Crippen LogP contribution in [0.4, 0.5) is 5.82 Å². The molecule has 1 atom stereocenters. The highest BCUT2D eigenvalue weighted by molar-refractivity contribution is 5.95. The number of aromatic hydroxyl groups is 1. The van der Waals surface area contributed by atoms with E-state index in [0.717, 1.165) is 22.4 Å². The van der Waals surface area contributed by atoms with E-state index in [0.29, 0.717) is 17.3 Å². The summed E-state index contributed by atoms with van der Waals surface area (Å²) in [5.74, 6) is 0.766. The Morgan fingerprint density at radius 1 is 1.19 bits per heavy atom. The Morgan fingerprint density at radius 3 is 2.78 bits per heavy atom. The molecule has 0 saturated heterocycles. The second-order valence-corrected chi connectivity index (χ2v) is 7.50. The Hall–Kier alpha value is -4.27. The van der Waals surface area contributed by atoms with Gasteiger partial charge in [-0.1, -0.05) is 36.4 Å². The molecule has 1 amide bonds. The largest absolute Gasteiger partial charge is 0.504 e. The van der Waals surface area contributed by atoms with Crippen molar-refractivity contribution in [1.29, 1.82) is 0 Å². The van der Waals surface area contributed by atoms with Gasteiger partial charge in [0, 0.05) is 23.5 Å². The fourth-order valence-corrected chi connectivity index (χ4v) is 4.02. The van der Waals surface area contributed by atoms with Gasteiger partial charge in [-0.25, -0.2) is 4.98 Å². The van der Waals surface area contributed by atoms with Crippen LogP contribution in [0.1, 0.15) is 29.2 Å². The molecule has 2 aromatic carbocycles. The highest BCUT2D eigenvalue weighted by Crippen LogP contribution is 2.42. The van der Waals surface area contributed by atoms with Gasteiger partial charge < -0.3 is 15.2 Å². The van der Waals surface area contributed by atoms with E-state index in [1.54, 1.807) is 24.4 Å². The number of methoxy groups -OCH3 is 1. The number of benzene rings is 2. The zero-order valence-corrected chi connectivity index (χ0v) is 17.5. The minimum atomic E-state index is -0.257. The highest BCUT2D eigenvalue weighted by Gasteiger charge is 2.33. The lowest BCUT2D eigenvalue weighted by Crippen LogP contribution is -2.25. The molecule has 4 aromatic rings. The summed E-state index contributed by atoms with van der Waals surface area (Å²) in [5, 5.41) is 25.8. The number of amides is 1. The summed E-state index contributed by atoms with van der Waals surface area (Å²) in [6.07, 6.45) is 1.84. The number of rotatable bonds is 4. The van der Waals surface area contributed by atoms with Crippen LogP contribution in [0.3, 0.4) is 0 Å². The van der Waals surface area contributed by atoms with E-state index in [1.807, 2.05) is 37.3 Å². The lowest BCUT2D eigenvalue weighted by atomic mass is 9.85. The first-order chi connectivity index (χ1) is 15.5. The smallest absolute Gasteiger partial charge is 0.272 e. The van der Waals surface area contributed by atoms with Crippen molar-refractivity contribution in [2.75, 3.05) is 12.4 Å². The molecule has 1 aliphatic rings. The molecule has 3 heterocycles. The zero-order valence-electron chi connectivity index (χ0n) is 17.5. The molecule has 2 aromatic heterocycles. The van der Waals surface area contributed by atoms with Gasteiger partial charge in [-0.2, -0.15) is 14.9 Å². The molecular weight excluding hydrogens is 408 g/mol. The monoisotopic (exact) mass is 428 g/mol. The third-order valence-corrected chi connectivity index (χ3v) is 5.52. The minimum Gasteiger partial charge on any atom is -0.504 e. The summed E-state index contributed by atoms with van der Waals surface area (Å²) < 4.78 is 6.77. The molecule has 2 N–H and O–H groups in total. The Bertz CT molecular complexity index is 1320. The fourth-order valence-electron chi connectivity index (χ4n) is 4.02. The lowest BCUT2D eigenvalue weighted by molar-refractivity contribution is -0.116. The SMILES string of the molecule is COc1cc([C@H]2CC(=O)Nc3c2c(C)nn3-c2nncc(-c3ccccc3)n2)ccc1O. The predicted molar refractivity (Wildman–Crippen MR) is 117 cm³/mol. The second kappa shape index (κ2) is 7.77. The van der Waals surface area contributed by atoms with Gasteiger partial charge in [0.15, 0.2) is 11.5 Å².